The van der Waals surface area contributed by atoms with E-state index in [9.17, 15) is 18.4 Å². The van der Waals surface area contributed by atoms with Gasteiger partial charge in [0, 0.05) is 25.3 Å². The van der Waals surface area contributed by atoms with Crippen LogP contribution in [0.3, 0.4) is 0 Å². The third-order valence-electron chi connectivity index (χ3n) is 5.62. The lowest BCUT2D eigenvalue weighted by atomic mass is 9.98. The molecule has 170 valence electrons. The van der Waals surface area contributed by atoms with Gasteiger partial charge in [0.1, 0.15) is 6.10 Å². The molecule has 2 atom stereocenters. The molecule has 2 amide bonds. The molecule has 0 aliphatic carbocycles. The van der Waals surface area contributed by atoms with E-state index in [0.717, 1.165) is 18.1 Å². The molecule has 0 aromatic heterocycles. The molecule has 9 heteroatoms. The highest BCUT2D eigenvalue weighted by molar-refractivity contribution is 5.95. The summed E-state index contributed by atoms with van der Waals surface area (Å²) in [5, 5.41) is 2.32. The highest BCUT2D eigenvalue weighted by Crippen LogP contribution is 2.36. The Morgan fingerprint density at radius 2 is 2.09 bits per heavy atom. The Kier molecular flexibility index (Phi) is 6.55. The first-order valence-electron chi connectivity index (χ1n) is 10.4. The second-order valence-electron chi connectivity index (χ2n) is 7.84. The number of rotatable bonds is 7. The Morgan fingerprint density at radius 1 is 1.25 bits per heavy atom. The number of ether oxygens (including phenoxy) is 3. The molecule has 2 heterocycles. The van der Waals surface area contributed by atoms with E-state index < -0.39 is 17.5 Å². The summed E-state index contributed by atoms with van der Waals surface area (Å²) in [6.45, 7) is 1.25. The predicted octanol–water partition coefficient (Wildman–Crippen LogP) is 3.10. The lowest BCUT2D eigenvalue weighted by Gasteiger charge is -2.19. The number of amides is 2. The molecule has 1 N–H and O–H groups in total. The van der Waals surface area contributed by atoms with Gasteiger partial charge in [0.2, 0.25) is 11.8 Å². The SMILES string of the molecule is COc1ccc([C@H]2CC(=O)N(CC(=O)Nc3cccc(F)c3F)C2)cc1O[C@@H]1CCOC1. The number of anilines is 1. The van der Waals surface area contributed by atoms with E-state index in [0.29, 0.717) is 31.3 Å². The van der Waals surface area contributed by atoms with E-state index in [1.807, 2.05) is 12.1 Å². The molecule has 0 unspecified atom stereocenters. The van der Waals surface area contributed by atoms with Crippen LogP contribution >= 0.6 is 0 Å². The highest BCUT2D eigenvalue weighted by Gasteiger charge is 2.32. The maximum Gasteiger partial charge on any atom is 0.244 e. The lowest BCUT2D eigenvalue weighted by Crippen LogP contribution is -2.34. The minimum Gasteiger partial charge on any atom is -0.493 e. The van der Waals surface area contributed by atoms with Crippen molar-refractivity contribution in [1.82, 2.24) is 4.90 Å². The molecule has 2 aromatic rings. The number of hydrogen-bond donors (Lipinski definition) is 1. The molecule has 0 saturated carbocycles. The van der Waals surface area contributed by atoms with Crippen molar-refractivity contribution in [3.63, 3.8) is 0 Å². The quantitative estimate of drug-likeness (QED) is 0.707. The molecule has 4 rings (SSSR count). The highest BCUT2D eigenvalue weighted by atomic mass is 19.2. The smallest absolute Gasteiger partial charge is 0.244 e. The number of benzene rings is 2. The molecular weight excluding hydrogens is 422 g/mol. The van der Waals surface area contributed by atoms with Gasteiger partial charge in [-0.05, 0) is 29.8 Å². The Bertz CT molecular complexity index is 1010. The average Bonchev–Trinajstić information content (AvgIpc) is 3.41. The van der Waals surface area contributed by atoms with Crippen LogP contribution in [-0.2, 0) is 14.3 Å². The van der Waals surface area contributed by atoms with Crippen molar-refractivity contribution in [2.24, 2.45) is 0 Å². The topological polar surface area (TPSA) is 77.1 Å². The van der Waals surface area contributed by atoms with Gasteiger partial charge >= 0.3 is 0 Å². The predicted molar refractivity (Wildman–Crippen MR) is 112 cm³/mol. The van der Waals surface area contributed by atoms with Crippen molar-refractivity contribution in [3.05, 3.63) is 53.6 Å². The minimum atomic E-state index is -1.13. The fourth-order valence-corrected chi connectivity index (χ4v) is 3.94. The van der Waals surface area contributed by atoms with Gasteiger partial charge in [-0.25, -0.2) is 8.78 Å². The van der Waals surface area contributed by atoms with Gasteiger partial charge in [0.25, 0.3) is 0 Å². The fourth-order valence-electron chi connectivity index (χ4n) is 3.94. The summed E-state index contributed by atoms with van der Waals surface area (Å²) in [6, 6.07) is 9.06. The number of nitrogens with zero attached hydrogens (tertiary/aromatic N) is 1. The standard InChI is InChI=1S/C23H24F2N2O5/c1-30-19-6-5-14(9-20(19)32-16-7-8-31-13-16)15-10-22(29)27(11-15)12-21(28)26-18-4-2-3-17(24)23(18)25/h2-6,9,15-16H,7-8,10-13H2,1H3,(H,26,28)/t15-,16+/m0/s1. The van der Waals surface area contributed by atoms with Gasteiger partial charge in [-0.3, -0.25) is 9.59 Å². The molecule has 2 aromatic carbocycles. The summed E-state index contributed by atoms with van der Waals surface area (Å²) < 4.78 is 43.9. The van der Waals surface area contributed by atoms with Crippen molar-refractivity contribution in [2.45, 2.75) is 24.9 Å². The molecular formula is C23H24F2N2O5. The molecule has 0 radical (unpaired) electrons. The third-order valence-corrected chi connectivity index (χ3v) is 5.62. The Morgan fingerprint density at radius 3 is 2.84 bits per heavy atom. The van der Waals surface area contributed by atoms with Gasteiger partial charge < -0.3 is 24.4 Å². The Hall–Kier alpha value is -3.20. The van der Waals surface area contributed by atoms with E-state index in [1.165, 1.54) is 17.0 Å². The van der Waals surface area contributed by atoms with Crippen LogP contribution in [0.4, 0.5) is 14.5 Å². The van der Waals surface area contributed by atoms with E-state index in [2.05, 4.69) is 5.32 Å². The lowest BCUT2D eigenvalue weighted by molar-refractivity contribution is -0.131. The number of carbonyl (C=O) groups excluding carboxylic acids is 2. The summed E-state index contributed by atoms with van der Waals surface area (Å²) in [6.07, 6.45) is 0.983. The molecule has 7 nitrogen and oxygen atoms in total. The van der Waals surface area contributed by atoms with Crippen LogP contribution in [0.1, 0.15) is 24.3 Å². The van der Waals surface area contributed by atoms with Crippen LogP contribution in [0.5, 0.6) is 11.5 Å². The van der Waals surface area contributed by atoms with Gasteiger partial charge in [0.05, 0.1) is 32.6 Å². The van der Waals surface area contributed by atoms with E-state index in [1.54, 1.807) is 13.2 Å². The zero-order valence-corrected chi connectivity index (χ0v) is 17.6. The van der Waals surface area contributed by atoms with Gasteiger partial charge in [0.15, 0.2) is 23.1 Å². The largest absolute Gasteiger partial charge is 0.493 e. The number of likely N-dealkylation sites (tertiary alicyclic amines) is 1. The average molecular weight is 446 g/mol. The summed E-state index contributed by atoms with van der Waals surface area (Å²) in [5.41, 5.74) is 0.637. The number of hydrogen-bond acceptors (Lipinski definition) is 5. The van der Waals surface area contributed by atoms with Crippen LogP contribution in [0.15, 0.2) is 36.4 Å². The van der Waals surface area contributed by atoms with Crippen LogP contribution in [0, 0.1) is 11.6 Å². The molecule has 0 spiro atoms. The molecule has 2 aliphatic rings. The van der Waals surface area contributed by atoms with Crippen molar-refractivity contribution >= 4 is 17.5 Å². The van der Waals surface area contributed by atoms with Crippen molar-refractivity contribution in [2.75, 3.05) is 38.7 Å². The number of methoxy groups -OCH3 is 1. The molecule has 2 aliphatic heterocycles. The summed E-state index contributed by atoms with van der Waals surface area (Å²) >= 11 is 0. The van der Waals surface area contributed by atoms with Crippen LogP contribution in [0.2, 0.25) is 0 Å². The fraction of sp³-hybridized carbons (Fsp3) is 0.391. The van der Waals surface area contributed by atoms with Crippen molar-refractivity contribution < 1.29 is 32.6 Å². The van der Waals surface area contributed by atoms with Gasteiger partial charge in [-0.1, -0.05) is 12.1 Å². The second kappa shape index (κ2) is 9.52. The van der Waals surface area contributed by atoms with E-state index in [4.69, 9.17) is 14.2 Å². The number of nitrogens with one attached hydrogen (secondary N) is 1. The molecule has 32 heavy (non-hydrogen) atoms. The maximum absolute atomic E-state index is 13.8. The maximum atomic E-state index is 13.8. The van der Waals surface area contributed by atoms with Crippen LogP contribution in [-0.4, -0.2) is 56.2 Å². The van der Waals surface area contributed by atoms with Gasteiger partial charge in [-0.15, -0.1) is 0 Å². The molecule has 2 fully saturated rings. The number of halogens is 2. The monoisotopic (exact) mass is 446 g/mol. The van der Waals surface area contributed by atoms with Crippen LogP contribution < -0.4 is 14.8 Å². The Balaban J connectivity index is 1.41. The first kappa shape index (κ1) is 22.0. The molecule has 0 bridgehead atoms. The minimum absolute atomic E-state index is 0.0484. The van der Waals surface area contributed by atoms with Crippen molar-refractivity contribution in [1.29, 1.82) is 0 Å². The summed E-state index contributed by atoms with van der Waals surface area (Å²) in [7, 11) is 1.56. The van der Waals surface area contributed by atoms with Gasteiger partial charge in [-0.2, -0.15) is 0 Å². The van der Waals surface area contributed by atoms with E-state index in [-0.39, 0.29) is 36.6 Å². The Labute approximate surface area is 184 Å². The van der Waals surface area contributed by atoms with E-state index >= 15 is 0 Å². The van der Waals surface area contributed by atoms with Crippen LogP contribution in [0.25, 0.3) is 0 Å². The third kappa shape index (κ3) is 4.83. The first-order chi connectivity index (χ1) is 15.4. The molecule has 2 saturated heterocycles. The zero-order valence-electron chi connectivity index (χ0n) is 17.6. The summed E-state index contributed by atoms with van der Waals surface area (Å²) in [4.78, 5) is 26.2. The second-order valence-corrected chi connectivity index (χ2v) is 7.84. The number of carbonyl (C=O) groups is 2. The first-order valence-corrected chi connectivity index (χ1v) is 10.4. The van der Waals surface area contributed by atoms with Crippen molar-refractivity contribution in [3.8, 4) is 11.5 Å². The normalized spacial score (nSPS) is 20.5. The zero-order chi connectivity index (χ0) is 22.7. The summed E-state index contributed by atoms with van der Waals surface area (Å²) in [5.74, 6) is -1.92.